The maximum absolute atomic E-state index is 5.55. The first-order valence-electron chi connectivity index (χ1n) is 6.54. The fourth-order valence-electron chi connectivity index (χ4n) is 2.50. The lowest BCUT2D eigenvalue weighted by atomic mass is 10.0. The summed E-state index contributed by atoms with van der Waals surface area (Å²) in [4.78, 5) is 0. The molecule has 2 unspecified atom stereocenters. The number of hydrogen-bond donors (Lipinski definition) is 1. The molecule has 1 aromatic rings. The molecule has 0 amide bonds. The molecule has 0 radical (unpaired) electrons. The van der Waals surface area contributed by atoms with Gasteiger partial charge >= 0.3 is 0 Å². The van der Waals surface area contributed by atoms with Crippen LogP contribution in [-0.4, -0.2) is 26.0 Å². The fourth-order valence-corrected chi connectivity index (χ4v) is 2.50. The van der Waals surface area contributed by atoms with Crippen LogP contribution in [0.1, 0.15) is 18.9 Å². The van der Waals surface area contributed by atoms with Crippen LogP contribution in [0.5, 0.6) is 11.5 Å². The summed E-state index contributed by atoms with van der Waals surface area (Å²) < 4.78 is 16.2. The molecule has 2 heterocycles. The van der Waals surface area contributed by atoms with Crippen molar-refractivity contribution in [1.82, 2.24) is 5.32 Å². The highest BCUT2D eigenvalue weighted by Crippen LogP contribution is 2.32. The molecule has 4 heteroatoms. The molecule has 0 saturated carbocycles. The van der Waals surface area contributed by atoms with Crippen LogP contribution in [0.25, 0.3) is 0 Å². The van der Waals surface area contributed by atoms with Crippen molar-refractivity contribution in [2.45, 2.75) is 26.0 Å². The first kappa shape index (κ1) is 11.8. The standard InChI is InChI=1S/C14H19NO3/c1-10-12(4-5-16-10)8-15-7-11-2-3-13-14(6-11)18-9-17-13/h2-3,6,10,12,15H,4-5,7-9H2,1H3. The first-order valence-corrected chi connectivity index (χ1v) is 6.54. The summed E-state index contributed by atoms with van der Waals surface area (Å²) in [7, 11) is 0. The Morgan fingerprint density at radius 3 is 3.00 bits per heavy atom. The van der Waals surface area contributed by atoms with E-state index in [0.717, 1.165) is 37.6 Å². The fraction of sp³-hybridized carbons (Fsp3) is 0.571. The molecule has 98 valence electrons. The number of rotatable bonds is 4. The van der Waals surface area contributed by atoms with Gasteiger partial charge in [0, 0.05) is 19.7 Å². The van der Waals surface area contributed by atoms with E-state index >= 15 is 0 Å². The summed E-state index contributed by atoms with van der Waals surface area (Å²) in [6, 6.07) is 6.10. The second kappa shape index (κ2) is 5.16. The Labute approximate surface area is 107 Å². The van der Waals surface area contributed by atoms with Gasteiger partial charge in [0.15, 0.2) is 11.5 Å². The molecule has 18 heavy (non-hydrogen) atoms. The van der Waals surface area contributed by atoms with E-state index in [9.17, 15) is 0 Å². The summed E-state index contributed by atoms with van der Waals surface area (Å²) >= 11 is 0. The van der Waals surface area contributed by atoms with Crippen LogP contribution in [-0.2, 0) is 11.3 Å². The molecule has 1 N–H and O–H groups in total. The van der Waals surface area contributed by atoms with Gasteiger partial charge in [-0.25, -0.2) is 0 Å². The maximum Gasteiger partial charge on any atom is 0.231 e. The quantitative estimate of drug-likeness (QED) is 0.885. The van der Waals surface area contributed by atoms with Crippen molar-refractivity contribution in [3.05, 3.63) is 23.8 Å². The van der Waals surface area contributed by atoms with Crippen molar-refractivity contribution in [1.29, 1.82) is 0 Å². The summed E-state index contributed by atoms with van der Waals surface area (Å²) in [5.41, 5.74) is 1.23. The lowest BCUT2D eigenvalue weighted by Gasteiger charge is -2.14. The minimum Gasteiger partial charge on any atom is -0.454 e. The van der Waals surface area contributed by atoms with Crippen LogP contribution in [0.15, 0.2) is 18.2 Å². The molecule has 3 rings (SSSR count). The third-order valence-corrected chi connectivity index (χ3v) is 3.71. The van der Waals surface area contributed by atoms with Crippen LogP contribution in [0.3, 0.4) is 0 Å². The Kier molecular flexibility index (Phi) is 3.39. The van der Waals surface area contributed by atoms with Crippen LogP contribution in [0.4, 0.5) is 0 Å². The van der Waals surface area contributed by atoms with E-state index in [0.29, 0.717) is 18.8 Å². The third-order valence-electron chi connectivity index (χ3n) is 3.71. The van der Waals surface area contributed by atoms with E-state index in [2.05, 4.69) is 18.3 Å². The molecule has 0 bridgehead atoms. The van der Waals surface area contributed by atoms with Gasteiger partial charge in [-0.3, -0.25) is 0 Å². The topological polar surface area (TPSA) is 39.7 Å². The monoisotopic (exact) mass is 249 g/mol. The first-order chi connectivity index (χ1) is 8.83. The Balaban J connectivity index is 1.51. The zero-order valence-electron chi connectivity index (χ0n) is 10.6. The number of ether oxygens (including phenoxy) is 3. The van der Waals surface area contributed by atoms with Crippen LogP contribution >= 0.6 is 0 Å². The van der Waals surface area contributed by atoms with Gasteiger partial charge < -0.3 is 19.5 Å². The van der Waals surface area contributed by atoms with E-state index in [1.54, 1.807) is 0 Å². The molecule has 1 saturated heterocycles. The summed E-state index contributed by atoms with van der Waals surface area (Å²) in [6.45, 7) is 5.26. The second-order valence-electron chi connectivity index (χ2n) is 4.94. The average Bonchev–Trinajstić information content (AvgIpc) is 2.98. The van der Waals surface area contributed by atoms with Crippen molar-refractivity contribution < 1.29 is 14.2 Å². The Morgan fingerprint density at radius 2 is 2.17 bits per heavy atom. The van der Waals surface area contributed by atoms with E-state index < -0.39 is 0 Å². The maximum atomic E-state index is 5.55. The molecule has 4 nitrogen and oxygen atoms in total. The van der Waals surface area contributed by atoms with Crippen molar-refractivity contribution >= 4 is 0 Å². The Morgan fingerprint density at radius 1 is 1.28 bits per heavy atom. The van der Waals surface area contributed by atoms with E-state index in [1.165, 1.54) is 5.56 Å². The lowest BCUT2D eigenvalue weighted by Crippen LogP contribution is -2.26. The molecule has 2 aliphatic heterocycles. The van der Waals surface area contributed by atoms with Gasteiger partial charge in [-0.05, 0) is 37.0 Å². The molecule has 2 aliphatic rings. The lowest BCUT2D eigenvalue weighted by molar-refractivity contribution is 0.105. The minimum absolute atomic E-state index is 0.336. The average molecular weight is 249 g/mol. The van der Waals surface area contributed by atoms with E-state index in [1.807, 2.05) is 12.1 Å². The van der Waals surface area contributed by atoms with Gasteiger partial charge in [0.25, 0.3) is 0 Å². The summed E-state index contributed by atoms with van der Waals surface area (Å²) in [5.74, 6) is 2.34. The molecule has 0 aliphatic carbocycles. The predicted octanol–water partition coefficient (Wildman–Crippen LogP) is 1.93. The van der Waals surface area contributed by atoms with Gasteiger partial charge in [0.1, 0.15) is 0 Å². The summed E-state index contributed by atoms with van der Waals surface area (Å²) in [6.07, 6.45) is 1.55. The molecular weight excluding hydrogens is 230 g/mol. The van der Waals surface area contributed by atoms with Gasteiger partial charge in [-0.15, -0.1) is 0 Å². The molecular formula is C14H19NO3. The molecule has 0 aromatic heterocycles. The van der Waals surface area contributed by atoms with Crippen molar-refractivity contribution in [2.24, 2.45) is 5.92 Å². The highest BCUT2D eigenvalue weighted by atomic mass is 16.7. The predicted molar refractivity (Wildman–Crippen MR) is 67.8 cm³/mol. The Bertz CT molecular complexity index is 422. The minimum atomic E-state index is 0.336. The van der Waals surface area contributed by atoms with Gasteiger partial charge in [0.2, 0.25) is 6.79 Å². The highest BCUT2D eigenvalue weighted by molar-refractivity contribution is 5.44. The number of nitrogens with one attached hydrogen (secondary N) is 1. The van der Waals surface area contributed by atoms with Crippen molar-refractivity contribution in [2.75, 3.05) is 19.9 Å². The van der Waals surface area contributed by atoms with Gasteiger partial charge in [-0.1, -0.05) is 6.07 Å². The van der Waals surface area contributed by atoms with Crippen molar-refractivity contribution in [3.63, 3.8) is 0 Å². The van der Waals surface area contributed by atoms with Gasteiger partial charge in [0.05, 0.1) is 6.10 Å². The zero-order valence-corrected chi connectivity index (χ0v) is 10.6. The second-order valence-corrected chi connectivity index (χ2v) is 4.94. The third kappa shape index (κ3) is 2.44. The number of benzene rings is 1. The molecule has 1 aromatic carbocycles. The van der Waals surface area contributed by atoms with Crippen LogP contribution < -0.4 is 14.8 Å². The zero-order chi connectivity index (χ0) is 12.4. The van der Waals surface area contributed by atoms with Crippen LogP contribution in [0.2, 0.25) is 0 Å². The smallest absolute Gasteiger partial charge is 0.231 e. The SMILES string of the molecule is CC1OCCC1CNCc1ccc2c(c1)OCO2. The van der Waals surface area contributed by atoms with Crippen molar-refractivity contribution in [3.8, 4) is 11.5 Å². The largest absolute Gasteiger partial charge is 0.454 e. The van der Waals surface area contributed by atoms with Gasteiger partial charge in [-0.2, -0.15) is 0 Å². The van der Waals surface area contributed by atoms with E-state index in [-0.39, 0.29) is 0 Å². The highest BCUT2D eigenvalue weighted by Gasteiger charge is 2.23. The van der Waals surface area contributed by atoms with E-state index in [4.69, 9.17) is 14.2 Å². The number of hydrogen-bond acceptors (Lipinski definition) is 4. The summed E-state index contributed by atoms with van der Waals surface area (Å²) in [5, 5.41) is 3.49. The molecule has 0 spiro atoms. The number of fused-ring (bicyclic) bond motifs is 1. The molecule has 2 atom stereocenters. The normalized spacial score (nSPS) is 25.6. The Hall–Kier alpha value is -1.26. The molecule has 1 fully saturated rings. The van der Waals surface area contributed by atoms with Crippen LogP contribution in [0, 0.1) is 5.92 Å².